The molecule has 96 valence electrons. The van der Waals surface area contributed by atoms with E-state index in [1.807, 2.05) is 22.6 Å². The first-order chi connectivity index (χ1) is 8.06. The van der Waals surface area contributed by atoms with Gasteiger partial charge in [0, 0.05) is 20.2 Å². The number of hydrogen-bond donors (Lipinski definition) is 1. The van der Waals surface area contributed by atoms with Crippen molar-refractivity contribution in [2.24, 2.45) is 5.92 Å². The van der Waals surface area contributed by atoms with E-state index >= 15 is 0 Å². The molecule has 0 aliphatic rings. The van der Waals surface area contributed by atoms with Crippen molar-refractivity contribution in [3.8, 4) is 0 Å². The van der Waals surface area contributed by atoms with Gasteiger partial charge in [0.1, 0.15) is 9.39 Å². The average molecular weight is 351 g/mol. The molecule has 0 unspecified atom stereocenters. The molecule has 0 fully saturated rings. The standard InChI is InChI=1S/C11H18IN3O2/c1-8(2)6-15(4-5-17-3)10-9(12)11(16)14-7-13-10/h7-8H,4-6H2,1-3H3,(H,13,14,16). The topological polar surface area (TPSA) is 58.2 Å². The Morgan fingerprint density at radius 3 is 2.88 bits per heavy atom. The van der Waals surface area contributed by atoms with Crippen molar-refractivity contribution in [1.29, 1.82) is 0 Å². The number of nitrogens with one attached hydrogen (secondary N) is 1. The fourth-order valence-electron chi connectivity index (χ4n) is 1.52. The van der Waals surface area contributed by atoms with Gasteiger partial charge in [0.2, 0.25) is 0 Å². The lowest BCUT2D eigenvalue weighted by Gasteiger charge is -2.25. The van der Waals surface area contributed by atoms with E-state index in [0.29, 0.717) is 16.1 Å². The zero-order valence-corrected chi connectivity index (χ0v) is 12.5. The van der Waals surface area contributed by atoms with Crippen molar-refractivity contribution in [3.63, 3.8) is 0 Å². The number of aromatic nitrogens is 2. The summed E-state index contributed by atoms with van der Waals surface area (Å²) in [6, 6.07) is 0. The molecule has 1 heterocycles. The summed E-state index contributed by atoms with van der Waals surface area (Å²) >= 11 is 2.03. The molecular weight excluding hydrogens is 333 g/mol. The van der Waals surface area contributed by atoms with E-state index in [1.54, 1.807) is 7.11 Å². The first-order valence-electron chi connectivity index (χ1n) is 5.53. The molecule has 0 atom stereocenters. The van der Waals surface area contributed by atoms with Crippen molar-refractivity contribution in [2.45, 2.75) is 13.8 Å². The predicted molar refractivity (Wildman–Crippen MR) is 76.5 cm³/mol. The first kappa shape index (κ1) is 14.4. The second-order valence-electron chi connectivity index (χ2n) is 4.20. The van der Waals surface area contributed by atoms with Gasteiger partial charge in [-0.1, -0.05) is 13.8 Å². The molecule has 1 rings (SSSR count). The summed E-state index contributed by atoms with van der Waals surface area (Å²) < 4.78 is 5.71. The van der Waals surface area contributed by atoms with Crippen LogP contribution in [0.5, 0.6) is 0 Å². The fraction of sp³-hybridized carbons (Fsp3) is 0.636. The van der Waals surface area contributed by atoms with Crippen molar-refractivity contribution in [3.05, 3.63) is 20.3 Å². The molecule has 1 aromatic rings. The summed E-state index contributed by atoms with van der Waals surface area (Å²) in [5.74, 6) is 1.24. The van der Waals surface area contributed by atoms with Gasteiger partial charge in [-0.15, -0.1) is 0 Å². The molecule has 1 aromatic heterocycles. The highest BCUT2D eigenvalue weighted by atomic mass is 127. The Bertz CT molecular complexity index is 406. The Morgan fingerprint density at radius 1 is 1.59 bits per heavy atom. The van der Waals surface area contributed by atoms with Crippen molar-refractivity contribution in [2.75, 3.05) is 31.7 Å². The predicted octanol–water partition coefficient (Wildman–Crippen LogP) is 1.48. The second kappa shape index (κ2) is 6.95. The third kappa shape index (κ3) is 4.27. The number of anilines is 1. The molecular formula is C11H18IN3O2. The molecule has 1 N–H and O–H groups in total. The Balaban J connectivity index is 2.95. The lowest BCUT2D eigenvalue weighted by Crippen LogP contribution is -2.34. The lowest BCUT2D eigenvalue weighted by molar-refractivity contribution is 0.204. The summed E-state index contributed by atoms with van der Waals surface area (Å²) in [6.45, 7) is 6.49. The van der Waals surface area contributed by atoms with Crippen LogP contribution in [-0.2, 0) is 4.74 Å². The number of hydrogen-bond acceptors (Lipinski definition) is 4. The molecule has 0 aromatic carbocycles. The average Bonchev–Trinajstić information content (AvgIpc) is 2.28. The number of halogens is 1. The third-order valence-corrected chi connectivity index (χ3v) is 3.20. The van der Waals surface area contributed by atoms with Crippen LogP contribution < -0.4 is 10.5 Å². The number of aromatic amines is 1. The normalized spacial score (nSPS) is 10.9. The van der Waals surface area contributed by atoms with E-state index in [4.69, 9.17) is 4.74 Å². The van der Waals surface area contributed by atoms with Crippen molar-refractivity contribution in [1.82, 2.24) is 9.97 Å². The molecule has 0 aliphatic heterocycles. The smallest absolute Gasteiger partial charge is 0.266 e. The van der Waals surface area contributed by atoms with Crippen LogP contribution >= 0.6 is 22.6 Å². The minimum Gasteiger partial charge on any atom is -0.383 e. The quantitative estimate of drug-likeness (QED) is 0.789. The summed E-state index contributed by atoms with van der Waals surface area (Å²) in [5.41, 5.74) is -0.0956. The second-order valence-corrected chi connectivity index (χ2v) is 5.28. The van der Waals surface area contributed by atoms with Crippen LogP contribution in [-0.4, -0.2) is 36.8 Å². The van der Waals surface area contributed by atoms with Crippen molar-refractivity contribution < 1.29 is 4.74 Å². The van der Waals surface area contributed by atoms with Crippen LogP contribution in [0.2, 0.25) is 0 Å². The maximum Gasteiger partial charge on any atom is 0.266 e. The van der Waals surface area contributed by atoms with Gasteiger partial charge in [0.25, 0.3) is 5.56 Å². The van der Waals surface area contributed by atoms with E-state index in [2.05, 4.69) is 28.7 Å². The van der Waals surface area contributed by atoms with Crippen LogP contribution in [0.25, 0.3) is 0 Å². The third-order valence-electron chi connectivity index (χ3n) is 2.23. The number of nitrogens with zero attached hydrogens (tertiary/aromatic N) is 2. The van der Waals surface area contributed by atoms with E-state index in [1.165, 1.54) is 6.33 Å². The molecule has 0 spiro atoms. The van der Waals surface area contributed by atoms with Crippen LogP contribution in [0.15, 0.2) is 11.1 Å². The Labute approximate surface area is 115 Å². The molecule has 5 nitrogen and oxygen atoms in total. The number of methoxy groups -OCH3 is 1. The highest BCUT2D eigenvalue weighted by Gasteiger charge is 2.14. The maximum atomic E-state index is 11.5. The number of H-pyrrole nitrogens is 1. The number of ether oxygens (including phenoxy) is 1. The SMILES string of the molecule is COCCN(CC(C)C)c1nc[nH]c(=O)c1I. The van der Waals surface area contributed by atoms with Crippen LogP contribution in [0.1, 0.15) is 13.8 Å². The zero-order valence-electron chi connectivity index (χ0n) is 10.4. The fourth-order valence-corrected chi connectivity index (χ4v) is 2.16. The summed E-state index contributed by atoms with van der Waals surface area (Å²) in [5, 5.41) is 0. The first-order valence-corrected chi connectivity index (χ1v) is 6.61. The van der Waals surface area contributed by atoms with Gasteiger partial charge in [-0.2, -0.15) is 0 Å². The summed E-state index contributed by atoms with van der Waals surface area (Å²) in [6.07, 6.45) is 1.44. The monoisotopic (exact) mass is 351 g/mol. The summed E-state index contributed by atoms with van der Waals surface area (Å²) in [4.78, 5) is 20.5. The van der Waals surface area contributed by atoms with Gasteiger partial charge in [-0.3, -0.25) is 4.79 Å². The van der Waals surface area contributed by atoms with Crippen LogP contribution in [0.4, 0.5) is 5.82 Å². The van der Waals surface area contributed by atoms with Gasteiger partial charge in [-0.05, 0) is 28.5 Å². The van der Waals surface area contributed by atoms with E-state index in [9.17, 15) is 4.79 Å². The minimum absolute atomic E-state index is 0.0956. The van der Waals surface area contributed by atoms with Gasteiger partial charge in [0.15, 0.2) is 0 Å². The molecule has 6 heteroatoms. The molecule has 0 aliphatic carbocycles. The largest absolute Gasteiger partial charge is 0.383 e. The minimum atomic E-state index is -0.0956. The molecule has 0 amide bonds. The van der Waals surface area contributed by atoms with E-state index < -0.39 is 0 Å². The Hall–Kier alpha value is -0.630. The van der Waals surface area contributed by atoms with Crippen molar-refractivity contribution >= 4 is 28.4 Å². The maximum absolute atomic E-state index is 11.5. The lowest BCUT2D eigenvalue weighted by atomic mass is 10.2. The van der Waals surface area contributed by atoms with Crippen LogP contribution in [0, 0.1) is 9.49 Å². The zero-order chi connectivity index (χ0) is 12.8. The van der Waals surface area contributed by atoms with Gasteiger partial charge < -0.3 is 14.6 Å². The molecule has 0 saturated carbocycles. The highest BCUT2D eigenvalue weighted by Crippen LogP contribution is 2.16. The molecule has 0 bridgehead atoms. The molecule has 0 radical (unpaired) electrons. The molecule has 17 heavy (non-hydrogen) atoms. The molecule has 0 saturated heterocycles. The van der Waals surface area contributed by atoms with Gasteiger partial charge in [0.05, 0.1) is 12.9 Å². The van der Waals surface area contributed by atoms with E-state index in [0.717, 1.165) is 18.9 Å². The van der Waals surface area contributed by atoms with Gasteiger partial charge in [-0.25, -0.2) is 4.98 Å². The summed E-state index contributed by atoms with van der Waals surface area (Å²) in [7, 11) is 1.67. The Kier molecular flexibility index (Phi) is 5.90. The Morgan fingerprint density at radius 2 is 2.29 bits per heavy atom. The van der Waals surface area contributed by atoms with Crippen LogP contribution in [0.3, 0.4) is 0 Å². The number of rotatable bonds is 6. The van der Waals surface area contributed by atoms with Gasteiger partial charge >= 0.3 is 0 Å². The van der Waals surface area contributed by atoms with E-state index in [-0.39, 0.29) is 5.56 Å². The highest BCUT2D eigenvalue weighted by molar-refractivity contribution is 14.1.